The fourth-order valence-corrected chi connectivity index (χ4v) is 2.80. The first kappa shape index (κ1) is 10.7. The summed E-state index contributed by atoms with van der Waals surface area (Å²) in [6, 6.07) is 11.4. The van der Waals surface area contributed by atoms with Crippen molar-refractivity contribution in [2.24, 2.45) is 5.92 Å². The van der Waals surface area contributed by atoms with Crippen molar-refractivity contribution in [3.8, 4) is 0 Å². The Bertz CT molecular complexity index is 275. The molecule has 0 radical (unpaired) electrons. The molecule has 1 atom stereocenters. The molecule has 0 spiro atoms. The van der Waals surface area contributed by atoms with Gasteiger partial charge >= 0.3 is 0 Å². The Balaban J connectivity index is 2.09. The Labute approximate surface area is 92.9 Å². The Kier molecular flexibility index (Phi) is 3.79. The fraction of sp³-hybridized carbons (Fsp3) is 0.571. The van der Waals surface area contributed by atoms with Crippen molar-refractivity contribution in [3.63, 3.8) is 0 Å². The van der Waals surface area contributed by atoms with Crippen molar-refractivity contribution in [1.82, 2.24) is 5.32 Å². The minimum atomic E-state index is 0.562. The molecule has 2 rings (SSSR count). The number of benzene rings is 1. The van der Waals surface area contributed by atoms with Gasteiger partial charge < -0.3 is 5.32 Å². The van der Waals surface area contributed by atoms with Crippen molar-refractivity contribution in [3.05, 3.63) is 35.9 Å². The maximum atomic E-state index is 3.49. The summed E-state index contributed by atoms with van der Waals surface area (Å²) in [7, 11) is 2.09. The second-order valence-electron chi connectivity index (χ2n) is 4.58. The molecule has 0 heterocycles. The molecule has 82 valence electrons. The summed E-state index contributed by atoms with van der Waals surface area (Å²) in [6.45, 7) is 0. The molecular weight excluding hydrogens is 182 g/mol. The van der Waals surface area contributed by atoms with E-state index in [-0.39, 0.29) is 0 Å². The van der Waals surface area contributed by atoms with Crippen LogP contribution in [0.5, 0.6) is 0 Å². The third kappa shape index (κ3) is 2.60. The van der Waals surface area contributed by atoms with Gasteiger partial charge in [-0.15, -0.1) is 0 Å². The van der Waals surface area contributed by atoms with Crippen LogP contribution in [0.4, 0.5) is 0 Å². The molecule has 0 aliphatic heterocycles. The third-order valence-electron chi connectivity index (χ3n) is 3.59. The van der Waals surface area contributed by atoms with Crippen LogP contribution in [-0.4, -0.2) is 7.05 Å². The van der Waals surface area contributed by atoms with E-state index in [1.807, 2.05) is 0 Å². The second-order valence-corrected chi connectivity index (χ2v) is 4.58. The van der Waals surface area contributed by atoms with Crippen LogP contribution in [-0.2, 0) is 0 Å². The molecule has 1 aromatic carbocycles. The highest BCUT2D eigenvalue weighted by Crippen LogP contribution is 2.33. The van der Waals surface area contributed by atoms with Crippen molar-refractivity contribution in [1.29, 1.82) is 0 Å². The maximum absolute atomic E-state index is 3.49. The monoisotopic (exact) mass is 203 g/mol. The molecule has 1 heteroatoms. The van der Waals surface area contributed by atoms with Crippen LogP contribution >= 0.6 is 0 Å². The van der Waals surface area contributed by atoms with Gasteiger partial charge in [-0.25, -0.2) is 0 Å². The van der Waals surface area contributed by atoms with Gasteiger partial charge in [-0.05, 0) is 31.4 Å². The second kappa shape index (κ2) is 5.32. The number of hydrogen-bond donors (Lipinski definition) is 1. The van der Waals surface area contributed by atoms with Crippen LogP contribution in [0, 0.1) is 5.92 Å². The van der Waals surface area contributed by atoms with Gasteiger partial charge in [0, 0.05) is 6.04 Å². The van der Waals surface area contributed by atoms with E-state index >= 15 is 0 Å². The van der Waals surface area contributed by atoms with Crippen LogP contribution in [0.1, 0.15) is 43.7 Å². The molecule has 0 aromatic heterocycles. The standard InChI is InChI=1S/C14H21N/c1-15-14(12-8-4-2-5-9-12)13-10-6-3-7-11-13/h2,4-5,8-9,13-15H,3,6-7,10-11H2,1H3. The molecule has 0 bridgehead atoms. The molecule has 1 nitrogen and oxygen atoms in total. The Morgan fingerprint density at radius 3 is 2.33 bits per heavy atom. The van der Waals surface area contributed by atoms with E-state index in [2.05, 4.69) is 42.7 Å². The summed E-state index contributed by atoms with van der Waals surface area (Å²) in [4.78, 5) is 0. The predicted octanol–water partition coefficient (Wildman–Crippen LogP) is 3.53. The molecule has 15 heavy (non-hydrogen) atoms. The molecule has 0 saturated heterocycles. The quantitative estimate of drug-likeness (QED) is 0.792. The van der Waals surface area contributed by atoms with Crippen LogP contribution in [0.15, 0.2) is 30.3 Å². The largest absolute Gasteiger partial charge is 0.313 e. The molecule has 1 N–H and O–H groups in total. The topological polar surface area (TPSA) is 12.0 Å². The van der Waals surface area contributed by atoms with Gasteiger partial charge in [-0.2, -0.15) is 0 Å². The fourth-order valence-electron chi connectivity index (χ4n) is 2.80. The lowest BCUT2D eigenvalue weighted by Gasteiger charge is -2.30. The summed E-state index contributed by atoms with van der Waals surface area (Å²) >= 11 is 0. The third-order valence-corrected chi connectivity index (χ3v) is 3.59. The average molecular weight is 203 g/mol. The smallest absolute Gasteiger partial charge is 0.0346 e. The van der Waals surface area contributed by atoms with Gasteiger partial charge in [-0.1, -0.05) is 49.6 Å². The molecule has 1 aromatic rings. The SMILES string of the molecule is CNC(c1ccccc1)C1CCCCC1. The van der Waals surface area contributed by atoms with Crippen LogP contribution in [0.3, 0.4) is 0 Å². The van der Waals surface area contributed by atoms with Crippen molar-refractivity contribution >= 4 is 0 Å². The van der Waals surface area contributed by atoms with Gasteiger partial charge in [-0.3, -0.25) is 0 Å². The Hall–Kier alpha value is -0.820. The molecule has 1 aliphatic rings. The molecule has 1 fully saturated rings. The van der Waals surface area contributed by atoms with Gasteiger partial charge in [0.2, 0.25) is 0 Å². The highest BCUT2D eigenvalue weighted by Gasteiger charge is 2.23. The zero-order chi connectivity index (χ0) is 10.5. The first-order valence-corrected chi connectivity index (χ1v) is 6.14. The Morgan fingerprint density at radius 2 is 1.73 bits per heavy atom. The lowest BCUT2D eigenvalue weighted by Crippen LogP contribution is -2.26. The minimum absolute atomic E-state index is 0.562. The number of nitrogens with one attached hydrogen (secondary N) is 1. The van der Waals surface area contributed by atoms with E-state index in [4.69, 9.17) is 0 Å². The van der Waals surface area contributed by atoms with Gasteiger partial charge in [0.25, 0.3) is 0 Å². The summed E-state index contributed by atoms with van der Waals surface area (Å²) in [5.74, 6) is 0.839. The van der Waals surface area contributed by atoms with Crippen molar-refractivity contribution in [2.45, 2.75) is 38.1 Å². The predicted molar refractivity (Wildman–Crippen MR) is 64.8 cm³/mol. The van der Waals surface area contributed by atoms with Gasteiger partial charge in [0.15, 0.2) is 0 Å². The van der Waals surface area contributed by atoms with Crippen LogP contribution in [0.25, 0.3) is 0 Å². The Morgan fingerprint density at radius 1 is 1.07 bits per heavy atom. The highest BCUT2D eigenvalue weighted by atomic mass is 14.9. The number of rotatable bonds is 3. The summed E-state index contributed by atoms with van der Waals surface area (Å²) in [6.07, 6.45) is 7.04. The summed E-state index contributed by atoms with van der Waals surface area (Å²) in [5, 5.41) is 3.49. The van der Waals surface area contributed by atoms with Crippen LogP contribution < -0.4 is 5.32 Å². The normalized spacial score (nSPS) is 20.1. The van der Waals surface area contributed by atoms with Crippen molar-refractivity contribution < 1.29 is 0 Å². The maximum Gasteiger partial charge on any atom is 0.0346 e. The van der Waals surface area contributed by atoms with Gasteiger partial charge in [0.05, 0.1) is 0 Å². The summed E-state index contributed by atoms with van der Waals surface area (Å²) < 4.78 is 0. The molecular formula is C14H21N. The average Bonchev–Trinajstić information content (AvgIpc) is 2.33. The first-order chi connectivity index (χ1) is 7.42. The lowest BCUT2D eigenvalue weighted by atomic mass is 9.81. The van der Waals surface area contributed by atoms with E-state index in [1.54, 1.807) is 0 Å². The molecule has 1 unspecified atom stereocenters. The lowest BCUT2D eigenvalue weighted by molar-refractivity contribution is 0.281. The minimum Gasteiger partial charge on any atom is -0.313 e. The highest BCUT2D eigenvalue weighted by molar-refractivity contribution is 5.19. The zero-order valence-corrected chi connectivity index (χ0v) is 9.58. The van der Waals surface area contributed by atoms with E-state index in [9.17, 15) is 0 Å². The van der Waals surface area contributed by atoms with Gasteiger partial charge in [0.1, 0.15) is 0 Å². The molecule has 1 saturated carbocycles. The zero-order valence-electron chi connectivity index (χ0n) is 9.58. The summed E-state index contributed by atoms with van der Waals surface area (Å²) in [5.41, 5.74) is 1.45. The first-order valence-electron chi connectivity index (χ1n) is 6.14. The van der Waals surface area contributed by atoms with E-state index in [1.165, 1.54) is 37.7 Å². The van der Waals surface area contributed by atoms with E-state index in [0.29, 0.717) is 6.04 Å². The van der Waals surface area contributed by atoms with E-state index in [0.717, 1.165) is 5.92 Å². The van der Waals surface area contributed by atoms with E-state index < -0.39 is 0 Å². The molecule has 0 amide bonds. The van der Waals surface area contributed by atoms with Crippen LogP contribution in [0.2, 0.25) is 0 Å². The van der Waals surface area contributed by atoms with Crippen molar-refractivity contribution in [2.75, 3.05) is 7.05 Å². The molecule has 1 aliphatic carbocycles. The number of hydrogen-bond acceptors (Lipinski definition) is 1.